The summed E-state index contributed by atoms with van der Waals surface area (Å²) in [5, 5.41) is 21.9. The summed E-state index contributed by atoms with van der Waals surface area (Å²) < 4.78 is 6.50. The number of nitrogens with zero attached hydrogens (tertiary/aromatic N) is 5. The van der Waals surface area contributed by atoms with Gasteiger partial charge in [0, 0.05) is 24.8 Å². The van der Waals surface area contributed by atoms with E-state index >= 15 is 0 Å². The summed E-state index contributed by atoms with van der Waals surface area (Å²) in [5.41, 5.74) is 1.93. The van der Waals surface area contributed by atoms with Crippen LogP contribution in [0, 0.1) is 13.8 Å². The zero-order valence-electron chi connectivity index (χ0n) is 13.4. The Balaban J connectivity index is 1.50. The van der Waals surface area contributed by atoms with Crippen LogP contribution in [0.25, 0.3) is 5.82 Å². The Labute approximate surface area is 138 Å². The van der Waals surface area contributed by atoms with Gasteiger partial charge in [0.1, 0.15) is 5.82 Å². The van der Waals surface area contributed by atoms with Gasteiger partial charge < -0.3 is 15.2 Å². The van der Waals surface area contributed by atoms with Gasteiger partial charge in [0.05, 0.1) is 11.9 Å². The number of carbonyl (C=O) groups excluding carboxylic acids is 1. The van der Waals surface area contributed by atoms with Gasteiger partial charge in [-0.15, -0.1) is 10.2 Å². The van der Waals surface area contributed by atoms with Crippen LogP contribution in [0.3, 0.4) is 0 Å². The first-order chi connectivity index (χ1) is 11.6. The van der Waals surface area contributed by atoms with E-state index in [0.717, 1.165) is 11.4 Å². The molecule has 0 unspecified atom stereocenters. The molecule has 0 aromatic carbocycles. The molecule has 3 aromatic rings. The number of aryl methyl sites for hydroxylation is 2. The topological polar surface area (TPSA) is 111 Å². The summed E-state index contributed by atoms with van der Waals surface area (Å²) in [6.45, 7) is 4.82. The molecular formula is C15H17N7O2. The molecule has 0 aliphatic heterocycles. The molecule has 0 atom stereocenters. The second kappa shape index (κ2) is 6.90. The van der Waals surface area contributed by atoms with E-state index < -0.39 is 0 Å². The molecule has 9 heteroatoms. The fourth-order valence-electron chi connectivity index (χ4n) is 2.18. The van der Waals surface area contributed by atoms with Crippen LogP contribution in [0.15, 0.2) is 35.0 Å². The molecule has 0 saturated heterocycles. The molecule has 0 spiro atoms. The van der Waals surface area contributed by atoms with Crippen LogP contribution in [0.5, 0.6) is 0 Å². The maximum Gasteiger partial charge on any atom is 0.289 e. The van der Waals surface area contributed by atoms with Gasteiger partial charge in [0.2, 0.25) is 5.76 Å². The van der Waals surface area contributed by atoms with E-state index in [1.165, 1.54) is 12.3 Å². The molecule has 2 N–H and O–H groups in total. The maximum absolute atomic E-state index is 11.6. The molecule has 0 aliphatic carbocycles. The largest absolute Gasteiger partial charge is 0.367 e. The third-order valence-electron chi connectivity index (χ3n) is 3.26. The highest BCUT2D eigenvalue weighted by molar-refractivity contribution is 5.91. The molecule has 0 aliphatic rings. The van der Waals surface area contributed by atoms with Crippen molar-refractivity contribution in [3.05, 3.63) is 47.6 Å². The van der Waals surface area contributed by atoms with Gasteiger partial charge in [-0.1, -0.05) is 5.16 Å². The van der Waals surface area contributed by atoms with Crippen LogP contribution in [0.1, 0.15) is 21.9 Å². The van der Waals surface area contributed by atoms with Crippen LogP contribution >= 0.6 is 0 Å². The fraction of sp³-hybridized carbons (Fsp3) is 0.267. The molecule has 24 heavy (non-hydrogen) atoms. The highest BCUT2D eigenvalue weighted by atomic mass is 16.5. The van der Waals surface area contributed by atoms with Crippen molar-refractivity contribution in [2.45, 2.75) is 13.8 Å². The highest BCUT2D eigenvalue weighted by Gasteiger charge is 2.08. The molecule has 0 fully saturated rings. The van der Waals surface area contributed by atoms with Crippen molar-refractivity contribution in [3.63, 3.8) is 0 Å². The SMILES string of the molecule is Cc1cc(C)n(-c2ccc(NCCNC(=O)c3ccno3)nn2)n1. The van der Waals surface area contributed by atoms with E-state index in [9.17, 15) is 4.79 Å². The summed E-state index contributed by atoms with van der Waals surface area (Å²) in [7, 11) is 0. The van der Waals surface area contributed by atoms with Crippen molar-refractivity contribution < 1.29 is 9.32 Å². The van der Waals surface area contributed by atoms with Crippen molar-refractivity contribution >= 4 is 11.7 Å². The number of anilines is 1. The van der Waals surface area contributed by atoms with Crippen LogP contribution < -0.4 is 10.6 Å². The molecular weight excluding hydrogens is 310 g/mol. The fourth-order valence-corrected chi connectivity index (χ4v) is 2.18. The minimum absolute atomic E-state index is 0.184. The first-order valence-corrected chi connectivity index (χ1v) is 7.43. The predicted octanol–water partition coefficient (Wildman–Crippen LogP) is 1.11. The minimum atomic E-state index is -0.305. The average molecular weight is 327 g/mol. The van der Waals surface area contributed by atoms with Gasteiger partial charge in [-0.3, -0.25) is 4.79 Å². The van der Waals surface area contributed by atoms with Gasteiger partial charge in [-0.2, -0.15) is 5.10 Å². The predicted molar refractivity (Wildman–Crippen MR) is 86.0 cm³/mol. The van der Waals surface area contributed by atoms with Crippen LogP contribution in [0.2, 0.25) is 0 Å². The van der Waals surface area contributed by atoms with E-state index in [2.05, 4.69) is 31.1 Å². The highest BCUT2D eigenvalue weighted by Crippen LogP contribution is 2.10. The van der Waals surface area contributed by atoms with Crippen molar-refractivity contribution in [3.8, 4) is 5.82 Å². The quantitative estimate of drug-likeness (QED) is 0.652. The second-order valence-corrected chi connectivity index (χ2v) is 5.18. The third-order valence-corrected chi connectivity index (χ3v) is 3.26. The number of rotatable bonds is 6. The molecule has 3 rings (SSSR count). The van der Waals surface area contributed by atoms with Gasteiger partial charge in [0.25, 0.3) is 5.91 Å². The van der Waals surface area contributed by atoms with E-state index in [0.29, 0.717) is 24.7 Å². The summed E-state index contributed by atoms with van der Waals surface area (Å²) in [6.07, 6.45) is 1.42. The van der Waals surface area contributed by atoms with Gasteiger partial charge in [-0.25, -0.2) is 4.68 Å². The summed E-state index contributed by atoms with van der Waals surface area (Å²) >= 11 is 0. The van der Waals surface area contributed by atoms with E-state index in [4.69, 9.17) is 4.52 Å². The molecule has 0 bridgehead atoms. The Hall–Kier alpha value is -3.23. The summed E-state index contributed by atoms with van der Waals surface area (Å²) in [5.74, 6) is 1.16. The Morgan fingerprint density at radius 3 is 2.71 bits per heavy atom. The molecule has 1 amide bonds. The molecule has 3 heterocycles. The van der Waals surface area contributed by atoms with Crippen molar-refractivity contribution in [1.82, 2.24) is 30.5 Å². The number of aromatic nitrogens is 5. The lowest BCUT2D eigenvalue weighted by atomic mass is 10.4. The molecule has 0 radical (unpaired) electrons. The van der Waals surface area contributed by atoms with E-state index in [1.54, 1.807) is 4.68 Å². The van der Waals surface area contributed by atoms with Crippen LogP contribution in [-0.4, -0.2) is 44.1 Å². The van der Waals surface area contributed by atoms with Gasteiger partial charge in [0.15, 0.2) is 5.82 Å². The number of nitrogens with one attached hydrogen (secondary N) is 2. The molecule has 124 valence electrons. The molecule has 0 saturated carbocycles. The Kier molecular flexibility index (Phi) is 4.50. The lowest BCUT2D eigenvalue weighted by Crippen LogP contribution is -2.28. The number of amides is 1. The van der Waals surface area contributed by atoms with Crippen molar-refractivity contribution in [2.24, 2.45) is 0 Å². The number of hydrogen-bond donors (Lipinski definition) is 2. The van der Waals surface area contributed by atoms with Crippen molar-refractivity contribution in [2.75, 3.05) is 18.4 Å². The van der Waals surface area contributed by atoms with Crippen LogP contribution in [-0.2, 0) is 0 Å². The number of hydrogen-bond acceptors (Lipinski definition) is 7. The van der Waals surface area contributed by atoms with Gasteiger partial charge >= 0.3 is 0 Å². The smallest absolute Gasteiger partial charge is 0.289 e. The zero-order chi connectivity index (χ0) is 16.9. The Morgan fingerprint density at radius 1 is 1.21 bits per heavy atom. The lowest BCUT2D eigenvalue weighted by molar-refractivity contribution is 0.0918. The first kappa shape index (κ1) is 15.7. The third kappa shape index (κ3) is 3.57. The van der Waals surface area contributed by atoms with Gasteiger partial charge in [-0.05, 0) is 32.0 Å². The second-order valence-electron chi connectivity index (χ2n) is 5.18. The first-order valence-electron chi connectivity index (χ1n) is 7.43. The monoisotopic (exact) mass is 327 g/mol. The Bertz CT molecular complexity index is 809. The van der Waals surface area contributed by atoms with Crippen molar-refractivity contribution in [1.29, 1.82) is 0 Å². The minimum Gasteiger partial charge on any atom is -0.367 e. The Morgan fingerprint density at radius 2 is 2.08 bits per heavy atom. The maximum atomic E-state index is 11.6. The summed E-state index contributed by atoms with van der Waals surface area (Å²) in [4.78, 5) is 11.6. The van der Waals surface area contributed by atoms with E-state index in [-0.39, 0.29) is 11.7 Å². The normalized spacial score (nSPS) is 10.6. The zero-order valence-corrected chi connectivity index (χ0v) is 13.4. The van der Waals surface area contributed by atoms with E-state index in [1.807, 2.05) is 32.0 Å². The summed E-state index contributed by atoms with van der Waals surface area (Å²) in [6, 6.07) is 7.13. The molecule has 9 nitrogen and oxygen atoms in total. The average Bonchev–Trinajstić information content (AvgIpc) is 3.22. The standard InChI is InChI=1S/C15H17N7O2/c1-10-9-11(2)22(21-10)14-4-3-13(19-20-14)16-7-8-17-15(23)12-5-6-18-24-12/h3-6,9H,7-8H2,1-2H3,(H,16,19)(H,17,23). The lowest BCUT2D eigenvalue weighted by Gasteiger charge is -2.07. The number of carbonyl (C=O) groups is 1. The van der Waals surface area contributed by atoms with Crippen LogP contribution in [0.4, 0.5) is 5.82 Å². The molecule has 3 aromatic heterocycles.